The van der Waals surface area contributed by atoms with Gasteiger partial charge in [-0.2, -0.15) is 15.3 Å². The molecule has 69 heavy (non-hydrogen) atoms. The first kappa shape index (κ1) is 43.8. The molecule has 0 amide bonds. The van der Waals surface area contributed by atoms with Gasteiger partial charge in [0.2, 0.25) is 0 Å². The molecular weight excluding hydrogens is 876 g/mol. The number of hydrogen-bond donors (Lipinski definition) is 1. The van der Waals surface area contributed by atoms with Crippen LogP contribution in [0.3, 0.4) is 0 Å². The molecule has 0 atom stereocenters. The fourth-order valence-electron chi connectivity index (χ4n) is 8.32. The van der Waals surface area contributed by atoms with E-state index in [0.29, 0.717) is 11.7 Å². The van der Waals surface area contributed by atoms with Gasteiger partial charge < -0.3 is 10.2 Å². The highest BCUT2D eigenvalue weighted by molar-refractivity contribution is 6.34. The highest BCUT2D eigenvalue weighted by Crippen LogP contribution is 2.33. The second kappa shape index (κ2) is 19.4. The van der Waals surface area contributed by atoms with E-state index in [9.17, 15) is 0 Å². The van der Waals surface area contributed by atoms with Crippen LogP contribution in [0.15, 0.2) is 183 Å². The molecule has 0 aliphatic carbocycles. The molecule has 0 bridgehead atoms. The highest BCUT2D eigenvalue weighted by atomic mass is 35.5. The maximum absolute atomic E-state index is 5.86. The lowest BCUT2D eigenvalue weighted by Gasteiger charge is -2.23. The van der Waals surface area contributed by atoms with E-state index in [2.05, 4.69) is 128 Å². The Balaban J connectivity index is 0.000000130. The zero-order valence-corrected chi connectivity index (χ0v) is 38.7. The molecule has 0 saturated heterocycles. The number of benzene rings is 7. The van der Waals surface area contributed by atoms with Crippen LogP contribution in [0.5, 0.6) is 0 Å². The van der Waals surface area contributed by atoms with Crippen molar-refractivity contribution < 1.29 is 0 Å². The number of nitrogens with zero attached hydrogens (tertiary/aromatic N) is 11. The lowest BCUT2D eigenvalue weighted by atomic mass is 10.1. The van der Waals surface area contributed by atoms with Crippen molar-refractivity contribution in [2.45, 2.75) is 20.8 Å². The molecule has 0 aliphatic rings. The number of nitrogens with one attached hydrogen (secondary N) is 1. The Morgan fingerprint density at radius 3 is 1.58 bits per heavy atom. The van der Waals surface area contributed by atoms with E-state index in [1.165, 1.54) is 0 Å². The average molecular weight is 919 g/mol. The van der Waals surface area contributed by atoms with Crippen molar-refractivity contribution in [3.05, 3.63) is 205 Å². The van der Waals surface area contributed by atoms with Gasteiger partial charge in [0.05, 0.1) is 45.7 Å². The summed E-state index contributed by atoms with van der Waals surface area (Å²) in [4.78, 5) is 11.2. The zero-order valence-electron chi connectivity index (χ0n) is 37.9. The van der Waals surface area contributed by atoms with Crippen LogP contribution in [0.4, 0.5) is 23.0 Å². The fraction of sp³-hybridized carbons (Fsp3) is 0.0714. The number of aromatic nitrogens is 10. The summed E-state index contributed by atoms with van der Waals surface area (Å²) < 4.78 is 4.16. The van der Waals surface area contributed by atoms with Crippen molar-refractivity contribution in [3.63, 3.8) is 0 Å². The molecule has 334 valence electrons. The normalized spacial score (nSPS) is 10.9. The summed E-state index contributed by atoms with van der Waals surface area (Å²) >= 11 is 5.86. The number of anilines is 4. The van der Waals surface area contributed by atoms with Gasteiger partial charge in [0.15, 0.2) is 16.8 Å². The Kier molecular flexibility index (Phi) is 12.3. The Labute approximate surface area is 402 Å². The summed E-state index contributed by atoms with van der Waals surface area (Å²) in [6, 6.07) is 56.8. The topological polar surface area (TPSA) is 128 Å². The maximum Gasteiger partial charge on any atom is 0.164 e. The van der Waals surface area contributed by atoms with Crippen LogP contribution in [-0.2, 0) is 0 Å². The first-order valence-electron chi connectivity index (χ1n) is 22.2. The number of rotatable bonds is 7. The molecule has 12 aromatic rings. The Bertz CT molecular complexity index is 3790. The average Bonchev–Trinajstić information content (AvgIpc) is 4.03. The maximum atomic E-state index is 5.86. The molecule has 13 heteroatoms. The van der Waals surface area contributed by atoms with Crippen molar-refractivity contribution in [2.24, 2.45) is 0 Å². The molecule has 5 aromatic heterocycles. The van der Waals surface area contributed by atoms with Gasteiger partial charge >= 0.3 is 0 Å². The number of halogens is 1. The summed E-state index contributed by atoms with van der Waals surface area (Å²) in [5, 5.41) is 35.4. The van der Waals surface area contributed by atoms with E-state index in [1.807, 2.05) is 141 Å². The molecule has 0 aliphatic heterocycles. The molecule has 1 N–H and O–H groups in total. The first-order valence-corrected chi connectivity index (χ1v) is 22.6. The predicted octanol–water partition coefficient (Wildman–Crippen LogP) is 12.7. The SMILES string of the molecule is C#CCN(c1ccc2c(c1)ncn2-c1ccccc1)c1nnc(C)c2ccccc12.Cc1nnc(Cl)c2ccccc12.Cc1nnc(Nc2ccc3c(c2)ncn3-c2ccccc2)c2ccccc12. The van der Waals surface area contributed by atoms with Gasteiger partial charge in [0.1, 0.15) is 12.7 Å². The monoisotopic (exact) mass is 918 g/mol. The summed E-state index contributed by atoms with van der Waals surface area (Å²) in [7, 11) is 0. The van der Waals surface area contributed by atoms with Crippen molar-refractivity contribution in [2.75, 3.05) is 16.8 Å². The zero-order chi connectivity index (χ0) is 47.3. The van der Waals surface area contributed by atoms with Crippen LogP contribution in [0, 0.1) is 33.1 Å². The second-order valence-electron chi connectivity index (χ2n) is 16.1. The van der Waals surface area contributed by atoms with Crippen molar-refractivity contribution in [1.82, 2.24) is 49.7 Å². The smallest absolute Gasteiger partial charge is 0.164 e. The Morgan fingerprint density at radius 2 is 0.986 bits per heavy atom. The molecule has 0 unspecified atom stereocenters. The molecule has 12 rings (SSSR count). The molecule has 5 heterocycles. The van der Waals surface area contributed by atoms with Gasteiger partial charge in [0, 0.05) is 55.1 Å². The number of para-hydroxylation sites is 2. The van der Waals surface area contributed by atoms with Crippen LogP contribution in [-0.4, -0.2) is 56.2 Å². The summed E-state index contributed by atoms with van der Waals surface area (Å²) in [6.07, 6.45) is 9.41. The third-order valence-electron chi connectivity index (χ3n) is 11.8. The van der Waals surface area contributed by atoms with Gasteiger partial charge in [0.25, 0.3) is 0 Å². The minimum atomic E-state index is 0.382. The van der Waals surface area contributed by atoms with E-state index >= 15 is 0 Å². The highest BCUT2D eigenvalue weighted by Gasteiger charge is 2.17. The minimum absolute atomic E-state index is 0.382. The van der Waals surface area contributed by atoms with Crippen molar-refractivity contribution >= 4 is 89.0 Å². The molecule has 0 saturated carbocycles. The van der Waals surface area contributed by atoms with E-state index in [1.54, 1.807) is 0 Å². The quantitative estimate of drug-likeness (QED) is 0.154. The Morgan fingerprint density at radius 1 is 0.507 bits per heavy atom. The number of imidazole rings is 2. The predicted molar refractivity (Wildman–Crippen MR) is 279 cm³/mol. The van der Waals surface area contributed by atoms with Gasteiger partial charge in [-0.15, -0.1) is 21.7 Å². The number of fused-ring (bicyclic) bond motifs is 5. The standard InChI is InChI=1S/C25H19N5.C22H17N5.C9H7ClN2/c1-3-15-29(25-22-12-8-7-11-21(22)18(2)27-28-25)20-13-14-24-23(16-20)26-17-30(24)19-9-5-4-6-10-19;1-15-18-9-5-6-10-19(18)22(26-25-15)24-16-11-12-21-20(13-16)23-14-27(21)17-7-3-2-4-8-17;1-6-7-4-2-3-5-8(7)9(10)12-11-6/h1,4-14,16-17H,15H2,2H3;2-14H,1H3,(H,24,26);2-5H,1H3. The van der Waals surface area contributed by atoms with E-state index in [0.717, 1.165) is 106 Å². The summed E-state index contributed by atoms with van der Waals surface area (Å²) in [5.74, 6) is 4.25. The van der Waals surface area contributed by atoms with E-state index in [-0.39, 0.29) is 0 Å². The van der Waals surface area contributed by atoms with E-state index < -0.39 is 0 Å². The number of aryl methyl sites for hydroxylation is 3. The molecule has 0 radical (unpaired) electrons. The Hall–Kier alpha value is -9.05. The lowest BCUT2D eigenvalue weighted by Crippen LogP contribution is -2.19. The number of hydrogen-bond acceptors (Lipinski definition) is 10. The first-order chi connectivity index (χ1) is 33.8. The van der Waals surface area contributed by atoms with Crippen LogP contribution in [0.25, 0.3) is 65.8 Å². The lowest BCUT2D eigenvalue weighted by molar-refractivity contribution is 0.956. The second-order valence-corrected chi connectivity index (χ2v) is 16.5. The molecular formula is C56H43ClN12. The van der Waals surface area contributed by atoms with Crippen LogP contribution in [0.1, 0.15) is 17.1 Å². The van der Waals surface area contributed by atoms with Crippen molar-refractivity contribution in [3.8, 4) is 23.7 Å². The van der Waals surface area contributed by atoms with Crippen LogP contribution >= 0.6 is 11.6 Å². The summed E-state index contributed by atoms with van der Waals surface area (Å²) in [5.41, 5.74) is 10.7. The third-order valence-corrected chi connectivity index (χ3v) is 12.1. The van der Waals surface area contributed by atoms with Gasteiger partial charge in [-0.1, -0.05) is 127 Å². The van der Waals surface area contributed by atoms with E-state index in [4.69, 9.17) is 18.0 Å². The fourth-order valence-corrected chi connectivity index (χ4v) is 8.53. The molecule has 7 aromatic carbocycles. The van der Waals surface area contributed by atoms with Gasteiger partial charge in [-0.25, -0.2) is 9.97 Å². The van der Waals surface area contributed by atoms with Gasteiger partial charge in [-0.3, -0.25) is 9.13 Å². The van der Waals surface area contributed by atoms with Crippen LogP contribution in [0.2, 0.25) is 5.15 Å². The third kappa shape index (κ3) is 8.98. The number of terminal acetylenes is 1. The molecule has 0 spiro atoms. The van der Waals surface area contributed by atoms with Crippen molar-refractivity contribution in [1.29, 1.82) is 0 Å². The van der Waals surface area contributed by atoms with Gasteiger partial charge in [-0.05, 0) is 81.4 Å². The largest absolute Gasteiger partial charge is 0.338 e. The summed E-state index contributed by atoms with van der Waals surface area (Å²) in [6.45, 7) is 6.24. The minimum Gasteiger partial charge on any atom is -0.338 e. The van der Waals surface area contributed by atoms with Crippen LogP contribution < -0.4 is 10.2 Å². The molecule has 12 nitrogen and oxygen atoms in total. The molecule has 0 fully saturated rings.